The monoisotopic (exact) mass is 308 g/mol. The molecule has 0 saturated heterocycles. The molecule has 1 aromatic heterocycles. The number of rotatable bonds is 6. The maximum atomic E-state index is 12.5. The Morgan fingerprint density at radius 3 is 2.62 bits per heavy atom. The van der Waals surface area contributed by atoms with Crippen molar-refractivity contribution in [3.63, 3.8) is 0 Å². The van der Waals surface area contributed by atoms with E-state index < -0.39 is 0 Å². The van der Waals surface area contributed by atoms with Gasteiger partial charge in [0.1, 0.15) is 0 Å². The van der Waals surface area contributed by atoms with Crippen LogP contribution in [-0.2, 0) is 13.6 Å². The Kier molecular flexibility index (Phi) is 6.91. The third-order valence-electron chi connectivity index (χ3n) is 3.09. The van der Waals surface area contributed by atoms with Crippen LogP contribution in [0.4, 0.5) is 0 Å². The minimum absolute atomic E-state index is 0. The van der Waals surface area contributed by atoms with Gasteiger partial charge in [-0.1, -0.05) is 30.3 Å². The van der Waals surface area contributed by atoms with Gasteiger partial charge in [-0.3, -0.25) is 9.48 Å². The van der Waals surface area contributed by atoms with Crippen LogP contribution in [0.1, 0.15) is 22.3 Å². The number of carbonyl (C=O) groups is 1. The van der Waals surface area contributed by atoms with Gasteiger partial charge in [-0.15, -0.1) is 12.4 Å². The van der Waals surface area contributed by atoms with E-state index in [2.05, 4.69) is 5.10 Å². The minimum atomic E-state index is -0.00426. The fraction of sp³-hybridized carbons (Fsp3) is 0.333. The zero-order valence-electron chi connectivity index (χ0n) is 12.1. The predicted molar refractivity (Wildman–Crippen MR) is 85.3 cm³/mol. The fourth-order valence-electron chi connectivity index (χ4n) is 2.05. The topological polar surface area (TPSA) is 64.2 Å². The Morgan fingerprint density at radius 1 is 1.33 bits per heavy atom. The van der Waals surface area contributed by atoms with Gasteiger partial charge in [-0.2, -0.15) is 5.10 Å². The smallest absolute Gasteiger partial charge is 0.257 e. The van der Waals surface area contributed by atoms with E-state index in [0.717, 1.165) is 12.0 Å². The van der Waals surface area contributed by atoms with E-state index in [9.17, 15) is 4.79 Å². The molecule has 2 N–H and O–H groups in total. The number of halogens is 1. The highest BCUT2D eigenvalue weighted by atomic mass is 35.5. The van der Waals surface area contributed by atoms with Crippen LogP contribution in [0.5, 0.6) is 0 Å². The molecule has 2 aromatic rings. The van der Waals surface area contributed by atoms with Gasteiger partial charge in [0.15, 0.2) is 0 Å². The molecule has 0 saturated carbocycles. The van der Waals surface area contributed by atoms with Crippen molar-refractivity contribution in [2.75, 3.05) is 13.1 Å². The Morgan fingerprint density at radius 2 is 2.05 bits per heavy atom. The van der Waals surface area contributed by atoms with Gasteiger partial charge in [0.25, 0.3) is 5.91 Å². The molecule has 114 valence electrons. The second-order valence-corrected chi connectivity index (χ2v) is 4.76. The van der Waals surface area contributed by atoms with Crippen LogP contribution in [0, 0.1) is 0 Å². The first-order valence-electron chi connectivity index (χ1n) is 6.72. The average molecular weight is 309 g/mol. The summed E-state index contributed by atoms with van der Waals surface area (Å²) in [5.74, 6) is -0.00426. The first kappa shape index (κ1) is 17.2. The van der Waals surface area contributed by atoms with Gasteiger partial charge < -0.3 is 10.6 Å². The van der Waals surface area contributed by atoms with E-state index in [4.69, 9.17) is 5.73 Å². The summed E-state index contributed by atoms with van der Waals surface area (Å²) in [6.45, 7) is 1.82. The molecule has 6 heteroatoms. The average Bonchev–Trinajstić information content (AvgIpc) is 2.90. The SMILES string of the molecule is Cl.Cn1cc(C(=O)N(CCCN)Cc2ccccc2)cn1. The molecule has 0 bridgehead atoms. The van der Waals surface area contributed by atoms with Gasteiger partial charge in [0, 0.05) is 26.3 Å². The van der Waals surface area contributed by atoms with Crippen molar-refractivity contribution in [2.45, 2.75) is 13.0 Å². The Labute approximate surface area is 131 Å². The maximum absolute atomic E-state index is 12.5. The van der Waals surface area contributed by atoms with Gasteiger partial charge in [0.2, 0.25) is 0 Å². The molecule has 21 heavy (non-hydrogen) atoms. The van der Waals surface area contributed by atoms with Crippen molar-refractivity contribution in [3.05, 3.63) is 53.9 Å². The lowest BCUT2D eigenvalue weighted by Crippen LogP contribution is -2.32. The van der Waals surface area contributed by atoms with Crippen molar-refractivity contribution < 1.29 is 4.79 Å². The standard InChI is InChI=1S/C15H20N4O.ClH/c1-18-12-14(10-17-18)15(20)19(9-5-8-16)11-13-6-3-2-4-7-13;/h2-4,6-7,10,12H,5,8-9,11,16H2,1H3;1H. The lowest BCUT2D eigenvalue weighted by atomic mass is 10.2. The lowest BCUT2D eigenvalue weighted by Gasteiger charge is -2.22. The molecule has 2 rings (SSSR count). The molecule has 0 unspecified atom stereocenters. The van der Waals surface area contributed by atoms with E-state index in [1.54, 1.807) is 24.1 Å². The highest BCUT2D eigenvalue weighted by Gasteiger charge is 2.17. The highest BCUT2D eigenvalue weighted by molar-refractivity contribution is 5.93. The predicted octanol–water partition coefficient (Wildman–Crippen LogP) is 1.83. The van der Waals surface area contributed by atoms with Crippen molar-refractivity contribution >= 4 is 18.3 Å². The second-order valence-electron chi connectivity index (χ2n) is 4.76. The van der Waals surface area contributed by atoms with E-state index in [1.165, 1.54) is 0 Å². The first-order valence-corrected chi connectivity index (χ1v) is 6.72. The fourth-order valence-corrected chi connectivity index (χ4v) is 2.05. The number of aromatic nitrogens is 2. The lowest BCUT2D eigenvalue weighted by molar-refractivity contribution is 0.0742. The van der Waals surface area contributed by atoms with Gasteiger partial charge in [-0.05, 0) is 18.5 Å². The molecule has 1 amide bonds. The van der Waals surface area contributed by atoms with Crippen LogP contribution in [0.2, 0.25) is 0 Å². The van der Waals surface area contributed by atoms with Crippen LogP contribution in [0.25, 0.3) is 0 Å². The summed E-state index contributed by atoms with van der Waals surface area (Å²) in [5, 5.41) is 4.05. The Bertz CT molecular complexity index is 556. The van der Waals surface area contributed by atoms with Crippen molar-refractivity contribution in [3.8, 4) is 0 Å². The molecular formula is C15H21ClN4O. The summed E-state index contributed by atoms with van der Waals surface area (Å²) in [6.07, 6.45) is 4.13. The third-order valence-corrected chi connectivity index (χ3v) is 3.09. The molecule has 0 atom stereocenters. The van der Waals surface area contributed by atoms with E-state index in [-0.39, 0.29) is 18.3 Å². The molecule has 0 fully saturated rings. The number of nitrogens with two attached hydrogens (primary N) is 1. The van der Waals surface area contributed by atoms with E-state index in [1.807, 2.05) is 35.2 Å². The summed E-state index contributed by atoms with van der Waals surface area (Å²) < 4.78 is 1.64. The summed E-state index contributed by atoms with van der Waals surface area (Å²) in [4.78, 5) is 14.3. The molecule has 1 heterocycles. The maximum Gasteiger partial charge on any atom is 0.257 e. The molecule has 0 aliphatic rings. The van der Waals surface area contributed by atoms with Gasteiger partial charge in [0.05, 0.1) is 11.8 Å². The second kappa shape index (κ2) is 8.44. The van der Waals surface area contributed by atoms with Crippen LogP contribution in [0.3, 0.4) is 0 Å². The largest absolute Gasteiger partial charge is 0.334 e. The number of carbonyl (C=O) groups excluding carboxylic acids is 1. The summed E-state index contributed by atoms with van der Waals surface area (Å²) in [5.41, 5.74) is 7.28. The van der Waals surface area contributed by atoms with Crippen LogP contribution in [0.15, 0.2) is 42.7 Å². The number of hydrogen-bond donors (Lipinski definition) is 1. The number of hydrogen-bond acceptors (Lipinski definition) is 3. The summed E-state index contributed by atoms with van der Waals surface area (Å²) >= 11 is 0. The molecule has 1 aromatic carbocycles. The van der Waals surface area contributed by atoms with Gasteiger partial charge in [-0.25, -0.2) is 0 Å². The molecule has 0 aliphatic carbocycles. The summed E-state index contributed by atoms with van der Waals surface area (Å²) in [6, 6.07) is 9.96. The Balaban J connectivity index is 0.00000220. The number of benzene rings is 1. The molecule has 0 spiro atoms. The van der Waals surface area contributed by atoms with Crippen LogP contribution < -0.4 is 5.73 Å². The molecular weight excluding hydrogens is 288 g/mol. The van der Waals surface area contributed by atoms with Crippen LogP contribution >= 0.6 is 12.4 Å². The van der Waals surface area contributed by atoms with Crippen molar-refractivity contribution in [2.24, 2.45) is 12.8 Å². The van der Waals surface area contributed by atoms with Crippen LogP contribution in [-0.4, -0.2) is 33.7 Å². The third kappa shape index (κ3) is 4.88. The van der Waals surface area contributed by atoms with E-state index >= 15 is 0 Å². The first-order chi connectivity index (χ1) is 9.70. The van der Waals surface area contributed by atoms with Crippen molar-refractivity contribution in [1.29, 1.82) is 0 Å². The number of aryl methyl sites for hydroxylation is 1. The van der Waals surface area contributed by atoms with E-state index in [0.29, 0.717) is 25.2 Å². The molecule has 0 aliphatic heterocycles. The normalized spacial score (nSPS) is 10.0. The quantitative estimate of drug-likeness (QED) is 0.885. The summed E-state index contributed by atoms with van der Waals surface area (Å²) in [7, 11) is 1.80. The zero-order valence-corrected chi connectivity index (χ0v) is 12.9. The number of nitrogens with zero attached hydrogens (tertiary/aromatic N) is 3. The molecule has 0 radical (unpaired) electrons. The molecule has 5 nitrogen and oxygen atoms in total. The van der Waals surface area contributed by atoms with Gasteiger partial charge >= 0.3 is 0 Å². The zero-order chi connectivity index (χ0) is 14.4. The highest BCUT2D eigenvalue weighted by Crippen LogP contribution is 2.10. The number of amides is 1. The minimum Gasteiger partial charge on any atom is -0.334 e. The Hall–Kier alpha value is -1.85. The van der Waals surface area contributed by atoms with Crippen molar-refractivity contribution in [1.82, 2.24) is 14.7 Å².